The molecule has 0 aliphatic heterocycles. The van der Waals surface area contributed by atoms with E-state index >= 15 is 0 Å². The Hall–Kier alpha value is -1.84. The van der Waals surface area contributed by atoms with E-state index in [1.54, 1.807) is 16.7 Å². The number of unbranched alkanes of at least 4 members (excludes halogenated alkanes) is 1. The molecule has 0 radical (unpaired) electrons. The molecule has 1 aromatic carbocycles. The summed E-state index contributed by atoms with van der Waals surface area (Å²) < 4.78 is 0. The maximum Gasteiger partial charge on any atom is 0.224 e. The molecule has 0 unspecified atom stereocenters. The second kappa shape index (κ2) is 8.57. The van der Waals surface area contributed by atoms with Gasteiger partial charge in [-0.15, -0.1) is 0 Å². The molecule has 0 saturated carbocycles. The number of benzene rings is 1. The van der Waals surface area contributed by atoms with Crippen LogP contribution in [-0.2, 0) is 9.59 Å². The third-order valence-electron chi connectivity index (χ3n) is 3.85. The second-order valence-electron chi connectivity index (χ2n) is 5.88. The molecule has 0 N–H and O–H groups in total. The fourth-order valence-corrected chi connectivity index (χ4v) is 2.47. The number of amides is 2. The summed E-state index contributed by atoms with van der Waals surface area (Å²) in [6, 6.07) is 6.01. The van der Waals surface area contributed by atoms with E-state index in [4.69, 9.17) is 0 Å². The topological polar surface area (TPSA) is 40.6 Å². The highest BCUT2D eigenvalue weighted by atomic mass is 16.2. The van der Waals surface area contributed by atoms with Crippen LogP contribution >= 0.6 is 0 Å². The van der Waals surface area contributed by atoms with E-state index in [-0.39, 0.29) is 11.8 Å². The highest BCUT2D eigenvalue weighted by Gasteiger charge is 2.16. The number of hydrogen-bond donors (Lipinski definition) is 0. The molecule has 1 aromatic rings. The van der Waals surface area contributed by atoms with Gasteiger partial charge < -0.3 is 9.80 Å². The van der Waals surface area contributed by atoms with Gasteiger partial charge in [-0.3, -0.25) is 9.59 Å². The zero-order valence-corrected chi connectivity index (χ0v) is 14.5. The van der Waals surface area contributed by atoms with Crippen LogP contribution < -0.4 is 4.90 Å². The lowest BCUT2D eigenvalue weighted by Crippen LogP contribution is -2.35. The van der Waals surface area contributed by atoms with Crippen LogP contribution in [0.5, 0.6) is 0 Å². The first kappa shape index (κ1) is 18.2. The maximum absolute atomic E-state index is 12.1. The Morgan fingerprint density at radius 2 is 1.82 bits per heavy atom. The number of aryl methyl sites for hydroxylation is 2. The predicted molar refractivity (Wildman–Crippen MR) is 91.1 cm³/mol. The van der Waals surface area contributed by atoms with Crippen LogP contribution in [0, 0.1) is 13.8 Å². The first-order valence-electron chi connectivity index (χ1n) is 7.96. The Morgan fingerprint density at radius 3 is 2.36 bits per heavy atom. The SMILES string of the molecule is CCCCN(C)C(=O)CCN(C(C)=O)c1ccc(C)cc1C. The van der Waals surface area contributed by atoms with Crippen molar-refractivity contribution in [1.82, 2.24) is 4.90 Å². The number of anilines is 1. The van der Waals surface area contributed by atoms with Gasteiger partial charge in [0.1, 0.15) is 0 Å². The minimum atomic E-state index is -0.0315. The van der Waals surface area contributed by atoms with E-state index in [2.05, 4.69) is 13.0 Å². The molecule has 0 atom stereocenters. The molecule has 0 aromatic heterocycles. The highest BCUT2D eigenvalue weighted by Crippen LogP contribution is 2.21. The van der Waals surface area contributed by atoms with E-state index < -0.39 is 0 Å². The maximum atomic E-state index is 12.1. The number of hydrogen-bond acceptors (Lipinski definition) is 2. The van der Waals surface area contributed by atoms with E-state index in [1.807, 2.05) is 33.0 Å². The lowest BCUT2D eigenvalue weighted by atomic mass is 10.1. The molecule has 0 fully saturated rings. The van der Waals surface area contributed by atoms with Crippen molar-refractivity contribution in [1.29, 1.82) is 0 Å². The third kappa shape index (κ3) is 5.17. The fourth-order valence-electron chi connectivity index (χ4n) is 2.47. The molecular weight excluding hydrogens is 276 g/mol. The molecule has 122 valence electrons. The van der Waals surface area contributed by atoms with Crippen LogP contribution in [0.4, 0.5) is 5.69 Å². The molecule has 0 saturated heterocycles. The van der Waals surface area contributed by atoms with Gasteiger partial charge in [0.2, 0.25) is 11.8 Å². The smallest absolute Gasteiger partial charge is 0.224 e. The minimum absolute atomic E-state index is 0.0315. The standard InChI is InChI=1S/C18H28N2O2/c1-6-7-11-19(5)18(22)10-12-20(16(4)21)17-9-8-14(2)13-15(17)3/h8-9,13H,6-7,10-12H2,1-5H3. The lowest BCUT2D eigenvalue weighted by molar-refractivity contribution is -0.129. The van der Waals surface area contributed by atoms with Crippen LogP contribution in [0.1, 0.15) is 44.2 Å². The number of carbonyl (C=O) groups is 2. The van der Waals surface area contributed by atoms with Gasteiger partial charge in [-0.1, -0.05) is 31.0 Å². The van der Waals surface area contributed by atoms with Gasteiger partial charge in [-0.05, 0) is 31.9 Å². The Morgan fingerprint density at radius 1 is 1.14 bits per heavy atom. The first-order chi connectivity index (χ1) is 10.4. The molecular formula is C18H28N2O2. The van der Waals surface area contributed by atoms with Crippen LogP contribution in [0.15, 0.2) is 18.2 Å². The number of rotatable bonds is 7. The molecule has 0 spiro atoms. The Labute approximate surface area is 134 Å². The molecule has 4 heteroatoms. The van der Waals surface area contributed by atoms with E-state index in [0.29, 0.717) is 13.0 Å². The van der Waals surface area contributed by atoms with Gasteiger partial charge in [0.15, 0.2) is 0 Å². The van der Waals surface area contributed by atoms with E-state index in [0.717, 1.165) is 30.6 Å². The van der Waals surface area contributed by atoms with Crippen molar-refractivity contribution < 1.29 is 9.59 Å². The van der Waals surface area contributed by atoms with Gasteiger partial charge in [0, 0.05) is 39.2 Å². The van der Waals surface area contributed by atoms with Gasteiger partial charge >= 0.3 is 0 Å². The average molecular weight is 304 g/mol. The lowest BCUT2D eigenvalue weighted by Gasteiger charge is -2.24. The summed E-state index contributed by atoms with van der Waals surface area (Å²) in [7, 11) is 1.83. The number of carbonyl (C=O) groups excluding carboxylic acids is 2. The Kier molecular flexibility index (Phi) is 7.09. The van der Waals surface area contributed by atoms with Crippen molar-refractivity contribution in [3.05, 3.63) is 29.3 Å². The fraction of sp³-hybridized carbons (Fsp3) is 0.556. The summed E-state index contributed by atoms with van der Waals surface area (Å²) in [6.45, 7) is 8.88. The molecule has 0 heterocycles. The molecule has 1 rings (SSSR count). The number of nitrogens with zero attached hydrogens (tertiary/aromatic N) is 2. The molecule has 0 bridgehead atoms. The van der Waals surface area contributed by atoms with Crippen LogP contribution in [0.2, 0.25) is 0 Å². The zero-order chi connectivity index (χ0) is 16.7. The third-order valence-corrected chi connectivity index (χ3v) is 3.85. The van der Waals surface area contributed by atoms with Crippen molar-refractivity contribution in [3.63, 3.8) is 0 Å². The molecule has 4 nitrogen and oxygen atoms in total. The van der Waals surface area contributed by atoms with Crippen molar-refractivity contribution in [2.45, 2.75) is 47.0 Å². The Bertz CT molecular complexity index is 526. The highest BCUT2D eigenvalue weighted by molar-refractivity contribution is 5.93. The molecule has 0 aliphatic rings. The monoisotopic (exact) mass is 304 g/mol. The van der Waals surface area contributed by atoms with Gasteiger partial charge in [0.05, 0.1) is 0 Å². The van der Waals surface area contributed by atoms with Gasteiger partial charge in [-0.2, -0.15) is 0 Å². The van der Waals surface area contributed by atoms with Crippen LogP contribution in [-0.4, -0.2) is 36.9 Å². The van der Waals surface area contributed by atoms with Crippen molar-refractivity contribution in [3.8, 4) is 0 Å². The summed E-state index contributed by atoms with van der Waals surface area (Å²) in [5.74, 6) is 0.0560. The quantitative estimate of drug-likeness (QED) is 0.775. The van der Waals surface area contributed by atoms with Crippen molar-refractivity contribution in [2.24, 2.45) is 0 Å². The van der Waals surface area contributed by atoms with E-state index in [9.17, 15) is 9.59 Å². The predicted octanol–water partition coefficient (Wildman–Crippen LogP) is 3.30. The van der Waals surface area contributed by atoms with Crippen molar-refractivity contribution >= 4 is 17.5 Å². The normalized spacial score (nSPS) is 10.4. The largest absolute Gasteiger partial charge is 0.346 e. The minimum Gasteiger partial charge on any atom is -0.346 e. The first-order valence-corrected chi connectivity index (χ1v) is 7.96. The second-order valence-corrected chi connectivity index (χ2v) is 5.88. The van der Waals surface area contributed by atoms with E-state index in [1.165, 1.54) is 5.56 Å². The summed E-state index contributed by atoms with van der Waals surface area (Å²) in [6.07, 6.45) is 2.43. The van der Waals surface area contributed by atoms with Crippen LogP contribution in [0.3, 0.4) is 0 Å². The van der Waals surface area contributed by atoms with Gasteiger partial charge in [0.25, 0.3) is 0 Å². The zero-order valence-electron chi connectivity index (χ0n) is 14.5. The summed E-state index contributed by atoms with van der Waals surface area (Å²) in [5, 5.41) is 0. The average Bonchev–Trinajstić information content (AvgIpc) is 2.46. The summed E-state index contributed by atoms with van der Waals surface area (Å²) in [5.41, 5.74) is 3.12. The molecule has 22 heavy (non-hydrogen) atoms. The van der Waals surface area contributed by atoms with Crippen molar-refractivity contribution in [2.75, 3.05) is 25.0 Å². The summed E-state index contributed by atoms with van der Waals surface area (Å²) in [4.78, 5) is 27.5. The van der Waals surface area contributed by atoms with Gasteiger partial charge in [-0.25, -0.2) is 0 Å². The molecule has 2 amide bonds. The molecule has 0 aliphatic carbocycles. The van der Waals surface area contributed by atoms with Crippen LogP contribution in [0.25, 0.3) is 0 Å². The summed E-state index contributed by atoms with van der Waals surface area (Å²) >= 11 is 0. The Balaban J connectivity index is 2.73.